The highest BCUT2D eigenvalue weighted by Gasteiger charge is 2.33. The van der Waals surface area contributed by atoms with E-state index in [0.717, 1.165) is 38.4 Å². The molecule has 0 fully saturated rings. The van der Waals surface area contributed by atoms with Crippen molar-refractivity contribution in [3.05, 3.63) is 113 Å². The monoisotopic (exact) mass is 633 g/mol. The number of ether oxygens (including phenoxy) is 2. The molecule has 1 aliphatic rings. The highest BCUT2D eigenvalue weighted by molar-refractivity contribution is 9.10. The Hall–Kier alpha value is -3.69. The largest absolute Gasteiger partial charge is 0.491 e. The highest BCUT2D eigenvalue weighted by atomic mass is 79.9. The van der Waals surface area contributed by atoms with Crippen LogP contribution in [-0.2, 0) is 9.53 Å². The van der Waals surface area contributed by atoms with Crippen molar-refractivity contribution in [3.63, 3.8) is 0 Å². The standard InChI is InChI=1S/C32H32BrN3O4S/c1-7-39-31(38)28-20(5)34-32-36(29(28)22-8-14-26(15-9-22)40-18(2)3)30(37)27(41-32)17-23-16-19(4)35(21(23)6)25-12-10-24(33)11-13-25/h8-18,29H,7H2,1-6H3/b27-17-/t29-/m0/s1. The smallest absolute Gasteiger partial charge is 0.338 e. The first-order valence-electron chi connectivity index (χ1n) is 13.5. The molecular weight excluding hydrogens is 602 g/mol. The summed E-state index contributed by atoms with van der Waals surface area (Å²) in [6.07, 6.45) is 1.95. The lowest BCUT2D eigenvalue weighted by molar-refractivity contribution is -0.139. The number of halogens is 1. The summed E-state index contributed by atoms with van der Waals surface area (Å²) in [6.45, 7) is 11.8. The maximum Gasteiger partial charge on any atom is 0.338 e. The Balaban J connectivity index is 1.65. The molecule has 4 aromatic rings. The molecule has 212 valence electrons. The number of thiazole rings is 1. The van der Waals surface area contributed by atoms with E-state index in [9.17, 15) is 9.59 Å². The maximum atomic E-state index is 14.0. The van der Waals surface area contributed by atoms with Crippen molar-refractivity contribution in [3.8, 4) is 11.4 Å². The Kier molecular flexibility index (Phi) is 8.20. The number of aromatic nitrogens is 2. The van der Waals surface area contributed by atoms with Crippen LogP contribution in [-0.4, -0.2) is 27.8 Å². The number of fused-ring (bicyclic) bond motifs is 1. The second kappa shape index (κ2) is 11.7. The van der Waals surface area contributed by atoms with E-state index in [2.05, 4.69) is 45.6 Å². The van der Waals surface area contributed by atoms with E-state index < -0.39 is 12.0 Å². The third-order valence-electron chi connectivity index (χ3n) is 6.93. The summed E-state index contributed by atoms with van der Waals surface area (Å²) >= 11 is 4.82. The molecule has 41 heavy (non-hydrogen) atoms. The summed E-state index contributed by atoms with van der Waals surface area (Å²) in [6, 6.07) is 17.0. The topological polar surface area (TPSA) is 74.8 Å². The Labute approximate surface area is 251 Å². The van der Waals surface area contributed by atoms with E-state index in [-0.39, 0.29) is 18.3 Å². The number of hydrogen-bond donors (Lipinski definition) is 0. The average Bonchev–Trinajstić information content (AvgIpc) is 3.38. The summed E-state index contributed by atoms with van der Waals surface area (Å²) in [5.41, 5.74) is 5.55. The number of esters is 1. The number of nitrogens with zero attached hydrogens (tertiary/aromatic N) is 3. The molecule has 3 heterocycles. The Morgan fingerprint density at radius 3 is 2.41 bits per heavy atom. The van der Waals surface area contributed by atoms with Gasteiger partial charge in [-0.2, -0.15) is 0 Å². The van der Waals surface area contributed by atoms with E-state index in [1.54, 1.807) is 18.4 Å². The van der Waals surface area contributed by atoms with Crippen molar-refractivity contribution >= 4 is 39.3 Å². The van der Waals surface area contributed by atoms with Crippen LogP contribution in [0.2, 0.25) is 0 Å². The summed E-state index contributed by atoms with van der Waals surface area (Å²) in [4.78, 5) is 32.4. The van der Waals surface area contributed by atoms with Gasteiger partial charge in [-0.15, -0.1) is 0 Å². The van der Waals surface area contributed by atoms with Crippen LogP contribution >= 0.6 is 27.3 Å². The Morgan fingerprint density at radius 2 is 1.78 bits per heavy atom. The minimum Gasteiger partial charge on any atom is -0.491 e. The minimum absolute atomic E-state index is 0.0291. The average molecular weight is 635 g/mol. The molecule has 0 N–H and O–H groups in total. The first kappa shape index (κ1) is 28.8. The SMILES string of the molecule is CCOC(=O)C1=C(C)N=c2s/c(=C\c3cc(C)n(-c4ccc(Br)cc4)c3C)c(=O)n2[C@H]1c1ccc(OC(C)C)cc1. The third kappa shape index (κ3) is 5.61. The van der Waals surface area contributed by atoms with E-state index in [1.165, 1.54) is 11.3 Å². The molecule has 0 saturated carbocycles. The number of carbonyl (C=O) groups is 1. The van der Waals surface area contributed by atoms with Crippen LogP contribution in [0.5, 0.6) is 5.75 Å². The molecule has 0 saturated heterocycles. The molecule has 0 bridgehead atoms. The molecule has 2 aromatic heterocycles. The predicted molar refractivity (Wildman–Crippen MR) is 166 cm³/mol. The molecule has 0 aliphatic carbocycles. The molecular formula is C32H32BrN3O4S. The van der Waals surface area contributed by atoms with E-state index >= 15 is 0 Å². The van der Waals surface area contributed by atoms with Crippen molar-refractivity contribution < 1.29 is 14.3 Å². The zero-order valence-electron chi connectivity index (χ0n) is 23.9. The van der Waals surface area contributed by atoms with Gasteiger partial charge in [-0.25, -0.2) is 9.79 Å². The Morgan fingerprint density at radius 1 is 1.10 bits per heavy atom. The molecule has 0 spiro atoms. The summed E-state index contributed by atoms with van der Waals surface area (Å²) in [7, 11) is 0. The molecule has 1 aliphatic heterocycles. The normalized spacial score (nSPS) is 15.2. The van der Waals surface area contributed by atoms with E-state index in [4.69, 9.17) is 14.5 Å². The van der Waals surface area contributed by atoms with Gasteiger partial charge < -0.3 is 14.0 Å². The molecule has 5 rings (SSSR count). The zero-order chi connectivity index (χ0) is 29.4. The molecule has 9 heteroatoms. The number of hydrogen-bond acceptors (Lipinski definition) is 6. The Bertz CT molecular complexity index is 1830. The lowest BCUT2D eigenvalue weighted by Gasteiger charge is -2.25. The lowest BCUT2D eigenvalue weighted by atomic mass is 9.96. The first-order chi connectivity index (χ1) is 19.6. The van der Waals surface area contributed by atoms with Gasteiger partial charge in [-0.05, 0) is 101 Å². The first-order valence-corrected chi connectivity index (χ1v) is 15.1. The van der Waals surface area contributed by atoms with Crippen molar-refractivity contribution in [2.24, 2.45) is 4.99 Å². The molecule has 0 amide bonds. The van der Waals surface area contributed by atoms with Gasteiger partial charge in [-0.1, -0.05) is 39.4 Å². The maximum absolute atomic E-state index is 14.0. The number of carbonyl (C=O) groups excluding carboxylic acids is 1. The van der Waals surface area contributed by atoms with Crippen LogP contribution in [0.25, 0.3) is 11.8 Å². The van der Waals surface area contributed by atoms with Crippen LogP contribution in [0.1, 0.15) is 56.3 Å². The van der Waals surface area contributed by atoms with Gasteiger partial charge in [0.1, 0.15) is 5.75 Å². The van der Waals surface area contributed by atoms with Crippen LogP contribution in [0.4, 0.5) is 0 Å². The fourth-order valence-electron chi connectivity index (χ4n) is 5.17. The minimum atomic E-state index is -0.671. The van der Waals surface area contributed by atoms with Crippen LogP contribution < -0.4 is 19.6 Å². The molecule has 7 nitrogen and oxygen atoms in total. The summed E-state index contributed by atoms with van der Waals surface area (Å²) < 4.78 is 16.6. The van der Waals surface area contributed by atoms with Crippen LogP contribution in [0.15, 0.2) is 80.1 Å². The van der Waals surface area contributed by atoms with Gasteiger partial charge in [0, 0.05) is 21.5 Å². The summed E-state index contributed by atoms with van der Waals surface area (Å²) in [5.74, 6) is 0.240. The van der Waals surface area contributed by atoms with Crippen molar-refractivity contribution in [2.75, 3.05) is 6.61 Å². The highest BCUT2D eigenvalue weighted by Crippen LogP contribution is 2.32. The summed E-state index contributed by atoms with van der Waals surface area (Å²) in [5, 5.41) is 0. The fraction of sp³-hybridized carbons (Fsp3) is 0.281. The van der Waals surface area contributed by atoms with Crippen molar-refractivity contribution in [1.29, 1.82) is 0 Å². The molecule has 2 aromatic carbocycles. The third-order valence-corrected chi connectivity index (χ3v) is 8.44. The van der Waals surface area contributed by atoms with Gasteiger partial charge in [0.2, 0.25) is 0 Å². The van der Waals surface area contributed by atoms with Crippen LogP contribution in [0, 0.1) is 13.8 Å². The fourth-order valence-corrected chi connectivity index (χ4v) is 6.47. The number of aryl methyl sites for hydroxylation is 1. The van der Waals surface area contributed by atoms with Gasteiger partial charge in [0.05, 0.1) is 34.6 Å². The zero-order valence-corrected chi connectivity index (χ0v) is 26.3. The lowest BCUT2D eigenvalue weighted by Crippen LogP contribution is -2.39. The van der Waals surface area contributed by atoms with E-state index in [0.29, 0.717) is 20.6 Å². The van der Waals surface area contributed by atoms with E-state index in [1.807, 2.05) is 63.2 Å². The van der Waals surface area contributed by atoms with Gasteiger partial charge in [0.25, 0.3) is 5.56 Å². The molecule has 1 atom stereocenters. The second-order valence-corrected chi connectivity index (χ2v) is 12.1. The molecule has 0 unspecified atom stereocenters. The van der Waals surface area contributed by atoms with Gasteiger partial charge in [0.15, 0.2) is 4.80 Å². The van der Waals surface area contributed by atoms with Crippen LogP contribution in [0.3, 0.4) is 0 Å². The van der Waals surface area contributed by atoms with Crippen molar-refractivity contribution in [1.82, 2.24) is 9.13 Å². The van der Waals surface area contributed by atoms with Gasteiger partial charge in [-0.3, -0.25) is 9.36 Å². The number of allylic oxidation sites excluding steroid dienone is 1. The van der Waals surface area contributed by atoms with Gasteiger partial charge >= 0.3 is 5.97 Å². The molecule has 0 radical (unpaired) electrons. The second-order valence-electron chi connectivity index (χ2n) is 10.2. The number of benzene rings is 2. The van der Waals surface area contributed by atoms with Crippen molar-refractivity contribution in [2.45, 2.75) is 53.7 Å². The number of rotatable bonds is 7. The predicted octanol–water partition coefficient (Wildman–Crippen LogP) is 5.76. The quantitative estimate of drug-likeness (QED) is 0.243.